The Morgan fingerprint density at radius 1 is 1.29 bits per heavy atom. The van der Waals surface area contributed by atoms with Gasteiger partial charge in [0.05, 0.1) is 0 Å². The fourth-order valence-electron chi connectivity index (χ4n) is 2.04. The number of aromatic amines is 1. The van der Waals surface area contributed by atoms with Gasteiger partial charge >= 0.3 is 0 Å². The van der Waals surface area contributed by atoms with Crippen molar-refractivity contribution in [3.63, 3.8) is 0 Å². The van der Waals surface area contributed by atoms with Gasteiger partial charge in [0.25, 0.3) is 11.5 Å². The van der Waals surface area contributed by atoms with Crippen LogP contribution < -0.4 is 10.9 Å². The summed E-state index contributed by atoms with van der Waals surface area (Å²) >= 11 is 5.92. The van der Waals surface area contributed by atoms with Crippen LogP contribution >= 0.6 is 11.6 Å². The van der Waals surface area contributed by atoms with Crippen molar-refractivity contribution in [2.24, 2.45) is 0 Å². The summed E-state index contributed by atoms with van der Waals surface area (Å²) in [5.41, 5.74) is 1.13. The van der Waals surface area contributed by atoms with E-state index >= 15 is 0 Å². The summed E-state index contributed by atoms with van der Waals surface area (Å²) in [5.74, 6) is -0.785. The number of likely N-dealkylation sites (N-methyl/N-ethyl adjacent to an activating group) is 1. The van der Waals surface area contributed by atoms with E-state index in [9.17, 15) is 14.4 Å². The van der Waals surface area contributed by atoms with Gasteiger partial charge in [-0.2, -0.15) is 5.10 Å². The maximum atomic E-state index is 12.3. The quantitative estimate of drug-likeness (QED) is 0.861. The molecular weight excluding hydrogens is 332 g/mol. The van der Waals surface area contributed by atoms with Gasteiger partial charge in [0.2, 0.25) is 5.91 Å². The predicted octanol–water partition coefficient (Wildman–Crippen LogP) is 1.83. The minimum Gasteiger partial charge on any atom is -0.328 e. The standard InChI is InChI=1S/C16H17ClN4O3/c1-3-21(16(24)12-6-7-14(22)20-19-12)9-15(23)18-13-8-11(17)5-4-10(13)2/h4-8H,3,9H2,1-2H3,(H,18,23)(H,20,22). The summed E-state index contributed by atoms with van der Waals surface area (Å²) in [6.07, 6.45) is 0. The Morgan fingerprint density at radius 3 is 2.67 bits per heavy atom. The second-order valence-electron chi connectivity index (χ2n) is 5.13. The number of hydrogen-bond donors (Lipinski definition) is 2. The van der Waals surface area contributed by atoms with Gasteiger partial charge in [0.15, 0.2) is 0 Å². The molecule has 0 radical (unpaired) electrons. The number of benzene rings is 1. The van der Waals surface area contributed by atoms with Crippen molar-refractivity contribution < 1.29 is 9.59 Å². The third kappa shape index (κ3) is 4.42. The second-order valence-corrected chi connectivity index (χ2v) is 5.57. The lowest BCUT2D eigenvalue weighted by Gasteiger charge is -2.20. The Labute approximate surface area is 143 Å². The molecule has 0 atom stereocenters. The highest BCUT2D eigenvalue weighted by Crippen LogP contribution is 2.20. The lowest BCUT2D eigenvalue weighted by molar-refractivity contribution is -0.116. The van der Waals surface area contributed by atoms with Crippen LogP contribution in [0.25, 0.3) is 0 Å². The molecule has 2 rings (SSSR count). The number of carbonyl (C=O) groups is 2. The van der Waals surface area contributed by atoms with Crippen LogP contribution in [0.2, 0.25) is 5.02 Å². The van der Waals surface area contributed by atoms with Gasteiger partial charge in [-0.3, -0.25) is 14.4 Å². The summed E-state index contributed by atoms with van der Waals surface area (Å²) in [4.78, 5) is 36.9. The van der Waals surface area contributed by atoms with Gasteiger partial charge in [-0.25, -0.2) is 5.10 Å². The van der Waals surface area contributed by atoms with Crippen LogP contribution in [-0.2, 0) is 4.79 Å². The molecule has 0 bridgehead atoms. The first kappa shape index (κ1) is 17.7. The lowest BCUT2D eigenvalue weighted by atomic mass is 10.2. The molecule has 1 aromatic carbocycles. The van der Waals surface area contributed by atoms with E-state index in [0.717, 1.165) is 5.56 Å². The molecule has 1 heterocycles. The first-order valence-electron chi connectivity index (χ1n) is 7.31. The molecule has 0 unspecified atom stereocenters. The zero-order valence-corrected chi connectivity index (χ0v) is 14.1. The minimum atomic E-state index is -0.438. The smallest absolute Gasteiger partial charge is 0.274 e. The predicted molar refractivity (Wildman–Crippen MR) is 91.3 cm³/mol. The molecule has 24 heavy (non-hydrogen) atoms. The molecule has 2 amide bonds. The van der Waals surface area contributed by atoms with Gasteiger partial charge in [-0.1, -0.05) is 17.7 Å². The third-order valence-electron chi connectivity index (χ3n) is 3.38. The molecule has 8 heteroatoms. The van der Waals surface area contributed by atoms with Crippen LogP contribution in [-0.4, -0.2) is 40.0 Å². The van der Waals surface area contributed by atoms with E-state index in [1.54, 1.807) is 25.1 Å². The van der Waals surface area contributed by atoms with Crippen LogP contribution in [0.4, 0.5) is 5.69 Å². The molecule has 0 spiro atoms. The Hall–Kier alpha value is -2.67. The number of nitrogens with one attached hydrogen (secondary N) is 2. The van der Waals surface area contributed by atoms with Crippen LogP contribution in [0.1, 0.15) is 23.0 Å². The van der Waals surface area contributed by atoms with E-state index in [0.29, 0.717) is 17.3 Å². The summed E-state index contributed by atoms with van der Waals surface area (Å²) in [7, 11) is 0. The topological polar surface area (TPSA) is 95.2 Å². The molecule has 0 aliphatic heterocycles. The van der Waals surface area contributed by atoms with E-state index in [1.165, 1.54) is 17.0 Å². The zero-order chi connectivity index (χ0) is 17.7. The molecule has 126 valence electrons. The molecule has 7 nitrogen and oxygen atoms in total. The fraction of sp³-hybridized carbons (Fsp3) is 0.250. The van der Waals surface area contributed by atoms with Crippen molar-refractivity contribution in [3.8, 4) is 0 Å². The van der Waals surface area contributed by atoms with Crippen molar-refractivity contribution in [1.29, 1.82) is 0 Å². The molecule has 0 saturated heterocycles. The molecule has 2 N–H and O–H groups in total. The SMILES string of the molecule is CCN(CC(=O)Nc1cc(Cl)ccc1C)C(=O)c1ccc(=O)[nH]n1. The van der Waals surface area contributed by atoms with Crippen LogP contribution in [0.15, 0.2) is 35.1 Å². The number of amides is 2. The molecule has 0 aliphatic rings. The Balaban J connectivity index is 2.07. The normalized spacial score (nSPS) is 10.3. The minimum absolute atomic E-state index is 0.0724. The first-order valence-corrected chi connectivity index (χ1v) is 7.69. The molecular formula is C16H17ClN4O3. The first-order chi connectivity index (χ1) is 11.4. The number of aromatic nitrogens is 2. The number of anilines is 1. The highest BCUT2D eigenvalue weighted by molar-refractivity contribution is 6.31. The highest BCUT2D eigenvalue weighted by atomic mass is 35.5. The molecule has 0 fully saturated rings. The average molecular weight is 349 g/mol. The van der Waals surface area contributed by atoms with Crippen LogP contribution in [0, 0.1) is 6.92 Å². The highest BCUT2D eigenvalue weighted by Gasteiger charge is 2.19. The van der Waals surface area contributed by atoms with Crippen LogP contribution in [0.5, 0.6) is 0 Å². The number of nitrogens with zero attached hydrogens (tertiary/aromatic N) is 2. The Morgan fingerprint density at radius 2 is 2.04 bits per heavy atom. The average Bonchev–Trinajstić information content (AvgIpc) is 2.56. The van der Waals surface area contributed by atoms with Gasteiger partial charge in [-0.05, 0) is 37.6 Å². The number of aryl methyl sites for hydroxylation is 1. The third-order valence-corrected chi connectivity index (χ3v) is 3.61. The Bertz CT molecular complexity index is 799. The molecule has 0 aliphatic carbocycles. The number of rotatable bonds is 5. The van der Waals surface area contributed by atoms with E-state index in [1.807, 2.05) is 6.92 Å². The number of H-pyrrole nitrogens is 1. The van der Waals surface area contributed by atoms with Gasteiger partial charge in [0.1, 0.15) is 12.2 Å². The van der Waals surface area contributed by atoms with Gasteiger partial charge in [0, 0.05) is 23.3 Å². The van der Waals surface area contributed by atoms with Gasteiger partial charge < -0.3 is 10.2 Å². The molecule has 2 aromatic rings. The summed E-state index contributed by atoms with van der Waals surface area (Å²) < 4.78 is 0. The summed E-state index contributed by atoms with van der Waals surface area (Å²) in [6, 6.07) is 7.71. The maximum absolute atomic E-state index is 12.3. The van der Waals surface area contributed by atoms with E-state index in [2.05, 4.69) is 15.5 Å². The van der Waals surface area contributed by atoms with Gasteiger partial charge in [-0.15, -0.1) is 0 Å². The monoisotopic (exact) mass is 348 g/mol. The zero-order valence-electron chi connectivity index (χ0n) is 13.3. The fourth-order valence-corrected chi connectivity index (χ4v) is 2.22. The van der Waals surface area contributed by atoms with E-state index in [4.69, 9.17) is 11.6 Å². The van der Waals surface area contributed by atoms with Crippen molar-refractivity contribution in [3.05, 3.63) is 57.0 Å². The van der Waals surface area contributed by atoms with E-state index in [-0.39, 0.29) is 18.1 Å². The lowest BCUT2D eigenvalue weighted by Crippen LogP contribution is -2.38. The van der Waals surface area contributed by atoms with Crippen molar-refractivity contribution in [1.82, 2.24) is 15.1 Å². The molecule has 0 saturated carbocycles. The Kier molecular flexibility index (Phi) is 5.70. The maximum Gasteiger partial charge on any atom is 0.274 e. The summed E-state index contributed by atoms with van der Waals surface area (Å²) in [6.45, 7) is 3.78. The summed E-state index contributed by atoms with van der Waals surface area (Å²) in [5, 5.41) is 9.13. The second kappa shape index (κ2) is 7.74. The van der Waals surface area contributed by atoms with E-state index < -0.39 is 11.5 Å². The molecule has 1 aromatic heterocycles. The number of halogens is 1. The number of hydrogen-bond acceptors (Lipinski definition) is 4. The van der Waals surface area contributed by atoms with Crippen LogP contribution in [0.3, 0.4) is 0 Å². The number of carbonyl (C=O) groups excluding carboxylic acids is 2. The van der Waals surface area contributed by atoms with Crippen molar-refractivity contribution in [2.75, 3.05) is 18.4 Å². The van der Waals surface area contributed by atoms with Crippen molar-refractivity contribution >= 4 is 29.1 Å². The van der Waals surface area contributed by atoms with Crippen molar-refractivity contribution in [2.45, 2.75) is 13.8 Å². The largest absolute Gasteiger partial charge is 0.328 e.